The fourth-order valence-corrected chi connectivity index (χ4v) is 2.45. The second kappa shape index (κ2) is 7.28. The zero-order valence-electron chi connectivity index (χ0n) is 13.9. The average Bonchev–Trinajstić information content (AvgIpc) is 3.01. The minimum atomic E-state index is -0.868. The van der Waals surface area contributed by atoms with Gasteiger partial charge in [0.25, 0.3) is 5.91 Å². The van der Waals surface area contributed by atoms with E-state index < -0.39 is 6.10 Å². The van der Waals surface area contributed by atoms with Crippen molar-refractivity contribution in [1.29, 1.82) is 0 Å². The molecule has 0 unspecified atom stereocenters. The fourth-order valence-electron chi connectivity index (χ4n) is 2.45. The Hall–Kier alpha value is -2.34. The van der Waals surface area contributed by atoms with E-state index in [0.29, 0.717) is 24.3 Å². The lowest BCUT2D eigenvalue weighted by Crippen LogP contribution is -2.31. The van der Waals surface area contributed by atoms with Gasteiger partial charge < -0.3 is 19.3 Å². The van der Waals surface area contributed by atoms with E-state index in [2.05, 4.69) is 5.16 Å². The maximum atomic E-state index is 12.5. The number of hydrogen-bond donors (Lipinski definition) is 1. The van der Waals surface area contributed by atoms with E-state index in [-0.39, 0.29) is 11.7 Å². The summed E-state index contributed by atoms with van der Waals surface area (Å²) >= 11 is 0. The Morgan fingerprint density at radius 2 is 1.91 bits per heavy atom. The SMILES string of the molecule is CCN(CC)C(=O)c1onc(-c2ccc(OC)cc2)c1[C@H](C)O. The summed E-state index contributed by atoms with van der Waals surface area (Å²) in [6.45, 7) is 6.51. The standard InChI is InChI=1S/C17H22N2O4/c1-5-19(6-2)17(21)16-14(11(3)20)15(18-23-16)12-7-9-13(22-4)10-8-12/h7-11,20H,5-6H2,1-4H3/t11-/m0/s1. The molecule has 1 N–H and O–H groups in total. The molecule has 23 heavy (non-hydrogen) atoms. The lowest BCUT2D eigenvalue weighted by atomic mass is 10.0. The maximum absolute atomic E-state index is 12.5. The summed E-state index contributed by atoms with van der Waals surface area (Å²) in [6, 6.07) is 7.21. The highest BCUT2D eigenvalue weighted by molar-refractivity contribution is 5.94. The molecule has 0 aliphatic carbocycles. The van der Waals surface area contributed by atoms with E-state index in [0.717, 1.165) is 11.3 Å². The topological polar surface area (TPSA) is 75.8 Å². The van der Waals surface area contributed by atoms with Crippen molar-refractivity contribution in [2.45, 2.75) is 26.9 Å². The highest BCUT2D eigenvalue weighted by atomic mass is 16.5. The normalized spacial score (nSPS) is 12.0. The van der Waals surface area contributed by atoms with E-state index in [1.54, 1.807) is 31.1 Å². The van der Waals surface area contributed by atoms with Crippen molar-refractivity contribution in [2.24, 2.45) is 0 Å². The van der Waals surface area contributed by atoms with Crippen molar-refractivity contribution in [2.75, 3.05) is 20.2 Å². The molecule has 6 nitrogen and oxygen atoms in total. The maximum Gasteiger partial charge on any atom is 0.292 e. The fraction of sp³-hybridized carbons (Fsp3) is 0.412. The first-order valence-corrected chi connectivity index (χ1v) is 7.64. The highest BCUT2D eigenvalue weighted by Gasteiger charge is 2.28. The van der Waals surface area contributed by atoms with Gasteiger partial charge >= 0.3 is 0 Å². The molecule has 1 atom stereocenters. The molecule has 124 valence electrons. The van der Waals surface area contributed by atoms with E-state index >= 15 is 0 Å². The highest BCUT2D eigenvalue weighted by Crippen LogP contribution is 2.32. The monoisotopic (exact) mass is 318 g/mol. The predicted molar refractivity (Wildman–Crippen MR) is 86.4 cm³/mol. The summed E-state index contributed by atoms with van der Waals surface area (Å²) in [5, 5.41) is 14.1. The molecule has 0 radical (unpaired) electrons. The largest absolute Gasteiger partial charge is 0.497 e. The van der Waals surface area contributed by atoms with Gasteiger partial charge in [-0.3, -0.25) is 4.79 Å². The predicted octanol–water partition coefficient (Wildman–Crippen LogP) is 2.89. The lowest BCUT2D eigenvalue weighted by Gasteiger charge is -2.17. The van der Waals surface area contributed by atoms with Crippen LogP contribution in [-0.2, 0) is 0 Å². The molecular weight excluding hydrogens is 296 g/mol. The number of rotatable bonds is 6. The van der Waals surface area contributed by atoms with Crippen LogP contribution < -0.4 is 4.74 Å². The minimum Gasteiger partial charge on any atom is -0.497 e. The molecule has 1 heterocycles. The molecule has 0 fully saturated rings. The van der Waals surface area contributed by atoms with Crippen molar-refractivity contribution in [3.8, 4) is 17.0 Å². The number of benzene rings is 1. The van der Waals surface area contributed by atoms with Crippen LogP contribution in [0.2, 0.25) is 0 Å². The zero-order chi connectivity index (χ0) is 17.0. The van der Waals surface area contributed by atoms with E-state index in [9.17, 15) is 9.90 Å². The van der Waals surface area contributed by atoms with Gasteiger partial charge in [-0.2, -0.15) is 0 Å². The van der Waals surface area contributed by atoms with Gasteiger partial charge in [-0.05, 0) is 45.0 Å². The van der Waals surface area contributed by atoms with Crippen molar-refractivity contribution >= 4 is 5.91 Å². The van der Waals surface area contributed by atoms with Crippen LogP contribution >= 0.6 is 0 Å². The number of amides is 1. The van der Waals surface area contributed by atoms with Gasteiger partial charge in [0.2, 0.25) is 5.76 Å². The summed E-state index contributed by atoms with van der Waals surface area (Å²) in [5.41, 5.74) is 1.63. The Kier molecular flexibility index (Phi) is 5.39. The van der Waals surface area contributed by atoms with Gasteiger partial charge in [-0.15, -0.1) is 0 Å². The number of carbonyl (C=O) groups excluding carboxylic acids is 1. The molecule has 0 spiro atoms. The van der Waals surface area contributed by atoms with Crippen LogP contribution in [0.3, 0.4) is 0 Å². The quantitative estimate of drug-likeness (QED) is 0.886. The lowest BCUT2D eigenvalue weighted by molar-refractivity contribution is 0.0722. The Bertz CT molecular complexity index is 658. The van der Waals surface area contributed by atoms with Crippen LogP contribution in [0.4, 0.5) is 0 Å². The molecule has 2 rings (SSSR count). The number of carbonyl (C=O) groups is 1. The van der Waals surface area contributed by atoms with Crippen molar-refractivity contribution in [3.63, 3.8) is 0 Å². The number of nitrogens with zero attached hydrogens (tertiary/aromatic N) is 2. The summed E-state index contributed by atoms with van der Waals surface area (Å²) in [5.74, 6) is 0.544. The molecule has 1 aromatic heterocycles. The Morgan fingerprint density at radius 1 is 1.30 bits per heavy atom. The molecule has 0 bridgehead atoms. The summed E-state index contributed by atoms with van der Waals surface area (Å²) in [6.07, 6.45) is -0.868. The van der Waals surface area contributed by atoms with Crippen LogP contribution in [-0.4, -0.2) is 41.3 Å². The van der Waals surface area contributed by atoms with Crippen LogP contribution in [0.1, 0.15) is 43.0 Å². The summed E-state index contributed by atoms with van der Waals surface area (Å²) in [7, 11) is 1.59. The Balaban J connectivity index is 2.47. The van der Waals surface area contributed by atoms with Crippen LogP contribution in [0, 0.1) is 0 Å². The smallest absolute Gasteiger partial charge is 0.292 e. The van der Waals surface area contributed by atoms with Gasteiger partial charge in [0.15, 0.2) is 0 Å². The first-order chi connectivity index (χ1) is 11.0. The third kappa shape index (κ3) is 3.37. The Labute approximate surface area is 135 Å². The van der Waals surface area contributed by atoms with Gasteiger partial charge in [0.1, 0.15) is 11.4 Å². The first-order valence-electron chi connectivity index (χ1n) is 7.64. The van der Waals surface area contributed by atoms with E-state index in [1.807, 2.05) is 26.0 Å². The van der Waals surface area contributed by atoms with Gasteiger partial charge in [0.05, 0.1) is 18.8 Å². The molecule has 1 amide bonds. The number of hydrogen-bond acceptors (Lipinski definition) is 5. The van der Waals surface area contributed by atoms with Gasteiger partial charge in [-0.1, -0.05) is 5.16 Å². The van der Waals surface area contributed by atoms with Crippen LogP contribution in [0.15, 0.2) is 28.8 Å². The second-order valence-electron chi connectivity index (χ2n) is 5.16. The van der Waals surface area contributed by atoms with Crippen LogP contribution in [0.25, 0.3) is 11.3 Å². The zero-order valence-corrected chi connectivity index (χ0v) is 13.9. The van der Waals surface area contributed by atoms with Crippen LogP contribution in [0.5, 0.6) is 5.75 Å². The second-order valence-corrected chi connectivity index (χ2v) is 5.16. The molecule has 0 saturated heterocycles. The molecule has 1 aromatic carbocycles. The number of aliphatic hydroxyl groups is 1. The number of aromatic nitrogens is 1. The summed E-state index contributed by atoms with van der Waals surface area (Å²) in [4.78, 5) is 14.2. The van der Waals surface area contributed by atoms with E-state index in [1.165, 1.54) is 0 Å². The average molecular weight is 318 g/mol. The third-order valence-corrected chi connectivity index (χ3v) is 3.75. The molecule has 0 saturated carbocycles. The molecule has 0 aliphatic rings. The van der Waals surface area contributed by atoms with Crippen molar-refractivity contribution < 1.29 is 19.2 Å². The molecule has 2 aromatic rings. The molecular formula is C17H22N2O4. The Morgan fingerprint density at radius 3 is 2.39 bits per heavy atom. The summed E-state index contributed by atoms with van der Waals surface area (Å²) < 4.78 is 10.4. The third-order valence-electron chi connectivity index (χ3n) is 3.75. The number of ether oxygens (including phenoxy) is 1. The van der Waals surface area contributed by atoms with Gasteiger partial charge in [-0.25, -0.2) is 0 Å². The first kappa shape index (κ1) is 17.0. The van der Waals surface area contributed by atoms with Gasteiger partial charge in [0, 0.05) is 18.7 Å². The van der Waals surface area contributed by atoms with E-state index in [4.69, 9.17) is 9.26 Å². The number of methoxy groups -OCH3 is 1. The van der Waals surface area contributed by atoms with Crippen molar-refractivity contribution in [1.82, 2.24) is 10.1 Å². The molecule has 0 aliphatic heterocycles. The molecule has 6 heteroatoms. The van der Waals surface area contributed by atoms with Crippen molar-refractivity contribution in [3.05, 3.63) is 35.6 Å². The number of aliphatic hydroxyl groups excluding tert-OH is 1. The minimum absolute atomic E-state index is 0.0921.